The molecule has 2 aromatic carbocycles. The minimum Gasteiger partial charge on any atom is -0.336 e. The number of carbonyl (C=O) groups excluding carboxylic acids is 1. The van der Waals surface area contributed by atoms with Crippen molar-refractivity contribution in [1.29, 1.82) is 0 Å². The van der Waals surface area contributed by atoms with Gasteiger partial charge in [-0.05, 0) is 42.5 Å². The Labute approximate surface area is 149 Å². The third kappa shape index (κ3) is 2.82. The van der Waals surface area contributed by atoms with Crippen molar-refractivity contribution in [2.75, 3.05) is 13.1 Å². The largest absolute Gasteiger partial charge is 0.336 e. The Morgan fingerprint density at radius 3 is 2.35 bits per heavy atom. The molecular weight excluding hydrogens is 357 g/mol. The predicted octanol–water partition coefficient (Wildman–Crippen LogP) is 2.07. The normalized spacial score (nSPS) is 15.0. The summed E-state index contributed by atoms with van der Waals surface area (Å²) in [6, 6.07) is 9.74. The van der Waals surface area contributed by atoms with Gasteiger partial charge >= 0.3 is 0 Å². The first kappa shape index (κ1) is 16.6. The monoisotopic (exact) mass is 371 g/mol. The fourth-order valence-corrected chi connectivity index (χ4v) is 4.55. The second kappa shape index (κ2) is 6.14. The molecule has 0 spiro atoms. The van der Waals surface area contributed by atoms with E-state index in [0.717, 1.165) is 12.1 Å². The molecule has 0 aliphatic carbocycles. The standard InChI is InChI=1S/C18H14FN3O3S/c19-13-2-4-14(5-3-13)26(24,25)15-10-22(11-15)18(23)12-1-6-16-17(9-12)21-8-7-20-16/h1-9,15H,10-11H2. The number of fused-ring (bicyclic) bond motifs is 1. The van der Waals surface area contributed by atoms with Crippen molar-refractivity contribution >= 4 is 26.8 Å². The second-order valence-electron chi connectivity index (χ2n) is 6.09. The lowest BCUT2D eigenvalue weighted by Gasteiger charge is -2.38. The van der Waals surface area contributed by atoms with Gasteiger partial charge in [0.05, 0.1) is 15.9 Å². The van der Waals surface area contributed by atoms with Crippen LogP contribution in [0.3, 0.4) is 0 Å². The maximum atomic E-state index is 13.0. The van der Waals surface area contributed by atoms with Crippen LogP contribution < -0.4 is 0 Å². The number of halogens is 1. The highest BCUT2D eigenvalue weighted by atomic mass is 32.2. The molecule has 0 bridgehead atoms. The Balaban J connectivity index is 1.49. The lowest BCUT2D eigenvalue weighted by Crippen LogP contribution is -2.56. The van der Waals surface area contributed by atoms with E-state index in [4.69, 9.17) is 0 Å². The molecule has 26 heavy (non-hydrogen) atoms. The van der Waals surface area contributed by atoms with Gasteiger partial charge in [0, 0.05) is 31.0 Å². The third-order valence-electron chi connectivity index (χ3n) is 4.43. The molecule has 6 nitrogen and oxygen atoms in total. The first-order valence-electron chi connectivity index (χ1n) is 7.95. The van der Waals surface area contributed by atoms with Crippen LogP contribution in [0.15, 0.2) is 59.8 Å². The van der Waals surface area contributed by atoms with Crippen molar-refractivity contribution in [2.24, 2.45) is 0 Å². The summed E-state index contributed by atoms with van der Waals surface area (Å²) >= 11 is 0. The first-order chi connectivity index (χ1) is 12.4. The molecule has 1 aliphatic heterocycles. The van der Waals surface area contributed by atoms with Gasteiger partial charge in [-0.15, -0.1) is 0 Å². The fourth-order valence-electron chi connectivity index (χ4n) is 2.90. The number of aromatic nitrogens is 2. The molecule has 0 saturated carbocycles. The highest BCUT2D eigenvalue weighted by Gasteiger charge is 2.40. The minimum absolute atomic E-state index is 0.0666. The molecular formula is C18H14FN3O3S. The second-order valence-corrected chi connectivity index (χ2v) is 8.32. The van der Waals surface area contributed by atoms with Gasteiger partial charge < -0.3 is 4.90 Å². The molecule has 1 amide bonds. The number of hydrogen-bond donors (Lipinski definition) is 0. The molecule has 1 fully saturated rings. The summed E-state index contributed by atoms with van der Waals surface area (Å²) in [6.07, 6.45) is 3.12. The Bertz CT molecular complexity index is 1090. The van der Waals surface area contributed by atoms with E-state index in [1.807, 2.05) is 0 Å². The van der Waals surface area contributed by atoms with Crippen molar-refractivity contribution in [3.63, 3.8) is 0 Å². The third-order valence-corrected chi connectivity index (χ3v) is 6.54. The zero-order chi connectivity index (χ0) is 18.3. The van der Waals surface area contributed by atoms with E-state index in [1.165, 1.54) is 17.0 Å². The average molecular weight is 371 g/mol. The number of likely N-dealkylation sites (tertiary alicyclic amines) is 1. The summed E-state index contributed by atoms with van der Waals surface area (Å²) in [5.74, 6) is -0.739. The van der Waals surface area contributed by atoms with E-state index in [2.05, 4.69) is 9.97 Å². The van der Waals surface area contributed by atoms with Crippen LogP contribution in [0.1, 0.15) is 10.4 Å². The molecule has 1 saturated heterocycles. The predicted molar refractivity (Wildman–Crippen MR) is 92.8 cm³/mol. The number of carbonyl (C=O) groups is 1. The van der Waals surface area contributed by atoms with Crippen LogP contribution in [0, 0.1) is 5.82 Å². The highest BCUT2D eigenvalue weighted by Crippen LogP contribution is 2.25. The quantitative estimate of drug-likeness (QED) is 0.659. The molecule has 1 aliphatic rings. The summed E-state index contributed by atoms with van der Waals surface area (Å²) in [6.45, 7) is 0.216. The lowest BCUT2D eigenvalue weighted by molar-refractivity contribution is 0.0659. The van der Waals surface area contributed by atoms with Crippen LogP contribution >= 0.6 is 0 Å². The zero-order valence-electron chi connectivity index (χ0n) is 13.5. The molecule has 3 aromatic rings. The number of benzene rings is 2. The Morgan fingerprint density at radius 1 is 1.00 bits per heavy atom. The van der Waals surface area contributed by atoms with Gasteiger partial charge in [-0.3, -0.25) is 14.8 Å². The zero-order valence-corrected chi connectivity index (χ0v) is 14.4. The van der Waals surface area contributed by atoms with Crippen molar-refractivity contribution in [3.05, 3.63) is 66.2 Å². The molecule has 1 aromatic heterocycles. The molecule has 4 rings (SSSR count). The van der Waals surface area contributed by atoms with Gasteiger partial charge in [0.1, 0.15) is 11.1 Å². The molecule has 8 heteroatoms. The van der Waals surface area contributed by atoms with E-state index >= 15 is 0 Å². The summed E-state index contributed by atoms with van der Waals surface area (Å²) < 4.78 is 38.0. The minimum atomic E-state index is -3.59. The van der Waals surface area contributed by atoms with Gasteiger partial charge in [0.2, 0.25) is 0 Å². The Hall–Kier alpha value is -2.87. The van der Waals surface area contributed by atoms with Gasteiger partial charge in [0.25, 0.3) is 5.91 Å². The number of rotatable bonds is 3. The van der Waals surface area contributed by atoms with Gasteiger partial charge in [-0.25, -0.2) is 12.8 Å². The first-order valence-corrected chi connectivity index (χ1v) is 9.49. The SMILES string of the molecule is O=C(c1ccc2nccnc2c1)N1CC(S(=O)(=O)c2ccc(F)cc2)C1. The van der Waals surface area contributed by atoms with Crippen LogP contribution in [0.4, 0.5) is 4.39 Å². The molecule has 0 radical (unpaired) electrons. The Kier molecular flexibility index (Phi) is 3.91. The van der Waals surface area contributed by atoms with Gasteiger partial charge in [-0.1, -0.05) is 0 Å². The van der Waals surface area contributed by atoms with Crippen molar-refractivity contribution in [3.8, 4) is 0 Å². The van der Waals surface area contributed by atoms with Crippen LogP contribution in [-0.2, 0) is 9.84 Å². The van der Waals surface area contributed by atoms with Gasteiger partial charge in [0.15, 0.2) is 9.84 Å². The van der Waals surface area contributed by atoms with Gasteiger partial charge in [-0.2, -0.15) is 0 Å². The van der Waals surface area contributed by atoms with Crippen LogP contribution in [0.25, 0.3) is 11.0 Å². The van der Waals surface area contributed by atoms with E-state index in [1.54, 1.807) is 30.6 Å². The average Bonchev–Trinajstić information content (AvgIpc) is 2.60. The summed E-state index contributed by atoms with van der Waals surface area (Å²) in [7, 11) is -3.59. The van der Waals surface area contributed by atoms with Crippen LogP contribution in [-0.4, -0.2) is 47.5 Å². The molecule has 2 heterocycles. The highest BCUT2D eigenvalue weighted by molar-refractivity contribution is 7.92. The number of hydrogen-bond acceptors (Lipinski definition) is 5. The van der Waals surface area contributed by atoms with E-state index in [-0.39, 0.29) is 23.9 Å². The van der Waals surface area contributed by atoms with Crippen molar-refractivity contribution in [1.82, 2.24) is 14.9 Å². The smallest absolute Gasteiger partial charge is 0.254 e. The summed E-state index contributed by atoms with van der Waals surface area (Å²) in [5, 5.41) is -0.683. The Morgan fingerprint density at radius 2 is 1.65 bits per heavy atom. The van der Waals surface area contributed by atoms with E-state index < -0.39 is 20.9 Å². The molecule has 0 N–H and O–H groups in total. The summed E-state index contributed by atoms with van der Waals surface area (Å²) in [5.41, 5.74) is 1.73. The van der Waals surface area contributed by atoms with E-state index in [0.29, 0.717) is 16.6 Å². The number of nitrogens with zero attached hydrogens (tertiary/aromatic N) is 3. The molecule has 0 unspecified atom stereocenters. The van der Waals surface area contributed by atoms with Crippen LogP contribution in [0.2, 0.25) is 0 Å². The van der Waals surface area contributed by atoms with Crippen LogP contribution in [0.5, 0.6) is 0 Å². The lowest BCUT2D eigenvalue weighted by atomic mass is 10.1. The maximum Gasteiger partial charge on any atom is 0.254 e. The van der Waals surface area contributed by atoms with Crippen molar-refractivity contribution < 1.29 is 17.6 Å². The number of sulfone groups is 1. The number of amides is 1. The van der Waals surface area contributed by atoms with E-state index in [9.17, 15) is 17.6 Å². The molecule has 0 atom stereocenters. The molecule has 132 valence electrons. The summed E-state index contributed by atoms with van der Waals surface area (Å²) in [4.78, 5) is 22.4. The maximum absolute atomic E-state index is 13.0. The fraction of sp³-hybridized carbons (Fsp3) is 0.167. The topological polar surface area (TPSA) is 80.2 Å². The van der Waals surface area contributed by atoms with Crippen molar-refractivity contribution in [2.45, 2.75) is 10.1 Å².